The minimum atomic E-state index is -3.37. The Kier molecular flexibility index (Phi) is 6.95. The van der Waals surface area contributed by atoms with E-state index in [9.17, 15) is 13.2 Å². The van der Waals surface area contributed by atoms with Crippen LogP contribution in [0.5, 0.6) is 0 Å². The second-order valence-corrected chi connectivity index (χ2v) is 10.6. The molecule has 168 valence electrons. The second-order valence-electron chi connectivity index (χ2n) is 7.69. The highest BCUT2D eigenvalue weighted by Crippen LogP contribution is 2.28. The average molecular weight is 472 g/mol. The van der Waals surface area contributed by atoms with E-state index >= 15 is 0 Å². The SMILES string of the molecule is Cc1ccccc1-c1nnc(NC(=O)CN2CCN(S(=O)(=O)Cc3ccccc3)CC2)s1. The van der Waals surface area contributed by atoms with E-state index in [1.54, 1.807) is 0 Å². The molecule has 32 heavy (non-hydrogen) atoms. The fraction of sp³-hybridized carbons (Fsp3) is 0.318. The van der Waals surface area contributed by atoms with Crippen LogP contribution in [-0.2, 0) is 20.6 Å². The van der Waals surface area contributed by atoms with Gasteiger partial charge in [0.25, 0.3) is 0 Å². The predicted molar refractivity (Wildman–Crippen MR) is 126 cm³/mol. The van der Waals surface area contributed by atoms with Gasteiger partial charge >= 0.3 is 0 Å². The van der Waals surface area contributed by atoms with Crippen LogP contribution in [0.2, 0.25) is 0 Å². The molecular formula is C22H25N5O3S2. The third-order valence-electron chi connectivity index (χ3n) is 5.33. The molecule has 1 aromatic heterocycles. The van der Waals surface area contributed by atoms with Crippen molar-refractivity contribution in [3.8, 4) is 10.6 Å². The molecule has 0 saturated carbocycles. The van der Waals surface area contributed by atoms with Crippen LogP contribution in [0.4, 0.5) is 5.13 Å². The third-order valence-corrected chi connectivity index (χ3v) is 8.05. The monoisotopic (exact) mass is 471 g/mol. The van der Waals surface area contributed by atoms with Gasteiger partial charge in [-0.1, -0.05) is 65.9 Å². The van der Waals surface area contributed by atoms with E-state index in [0.29, 0.717) is 31.3 Å². The lowest BCUT2D eigenvalue weighted by Crippen LogP contribution is -2.50. The molecule has 10 heteroatoms. The highest BCUT2D eigenvalue weighted by atomic mass is 32.2. The summed E-state index contributed by atoms with van der Waals surface area (Å²) in [6.45, 7) is 3.95. The Bertz CT molecular complexity index is 1170. The molecule has 2 heterocycles. The average Bonchev–Trinajstić information content (AvgIpc) is 3.23. The number of aromatic nitrogens is 2. The van der Waals surface area contributed by atoms with Crippen molar-refractivity contribution >= 4 is 32.4 Å². The first kappa shape index (κ1) is 22.5. The van der Waals surface area contributed by atoms with Crippen LogP contribution in [0.15, 0.2) is 54.6 Å². The number of anilines is 1. The first-order chi connectivity index (χ1) is 15.4. The molecule has 0 unspecified atom stereocenters. The molecule has 8 nitrogen and oxygen atoms in total. The molecule has 1 fully saturated rings. The summed E-state index contributed by atoms with van der Waals surface area (Å²) in [7, 11) is -3.37. The number of aryl methyl sites for hydroxylation is 1. The van der Waals surface area contributed by atoms with Crippen LogP contribution in [0.3, 0.4) is 0 Å². The molecule has 1 amide bonds. The summed E-state index contributed by atoms with van der Waals surface area (Å²) in [5, 5.41) is 12.3. The van der Waals surface area contributed by atoms with Crippen molar-refractivity contribution in [1.29, 1.82) is 0 Å². The van der Waals surface area contributed by atoms with Gasteiger partial charge in [-0.2, -0.15) is 4.31 Å². The van der Waals surface area contributed by atoms with Gasteiger partial charge in [0.05, 0.1) is 12.3 Å². The molecule has 2 aromatic carbocycles. The number of nitrogens with one attached hydrogen (secondary N) is 1. The normalized spacial score (nSPS) is 15.5. The molecule has 0 spiro atoms. The lowest BCUT2D eigenvalue weighted by atomic mass is 10.1. The summed E-state index contributed by atoms with van der Waals surface area (Å²) in [6, 6.07) is 17.1. The first-order valence-corrected chi connectivity index (χ1v) is 12.8. The second kappa shape index (κ2) is 9.86. The number of piperazine rings is 1. The Morgan fingerprint density at radius 3 is 2.41 bits per heavy atom. The van der Waals surface area contributed by atoms with Crippen molar-refractivity contribution in [2.45, 2.75) is 12.7 Å². The standard InChI is InChI=1S/C22H25N5O3S2/c1-17-7-5-6-10-19(17)21-24-25-22(31-21)23-20(28)15-26-11-13-27(14-12-26)32(29,30)16-18-8-3-2-4-9-18/h2-10H,11-16H2,1H3,(H,23,25,28). The van der Waals surface area contributed by atoms with Gasteiger partial charge in [0.1, 0.15) is 5.01 Å². The van der Waals surface area contributed by atoms with Crippen LogP contribution in [0.25, 0.3) is 10.6 Å². The molecule has 0 bridgehead atoms. The molecule has 3 aromatic rings. The molecular weight excluding hydrogens is 446 g/mol. The maximum atomic E-state index is 12.7. The first-order valence-electron chi connectivity index (χ1n) is 10.3. The van der Waals surface area contributed by atoms with Gasteiger partial charge in [-0.25, -0.2) is 8.42 Å². The summed E-state index contributed by atoms with van der Waals surface area (Å²) < 4.78 is 26.9. The molecule has 1 aliphatic heterocycles. The molecule has 1 aliphatic rings. The highest BCUT2D eigenvalue weighted by Gasteiger charge is 2.28. The van der Waals surface area contributed by atoms with Crippen LogP contribution in [0.1, 0.15) is 11.1 Å². The number of benzene rings is 2. The van der Waals surface area contributed by atoms with Crippen LogP contribution < -0.4 is 5.32 Å². The summed E-state index contributed by atoms with van der Waals surface area (Å²) in [4.78, 5) is 14.4. The highest BCUT2D eigenvalue weighted by molar-refractivity contribution is 7.88. The van der Waals surface area contributed by atoms with Crippen molar-refractivity contribution in [3.05, 3.63) is 65.7 Å². The Balaban J connectivity index is 1.27. The van der Waals surface area contributed by atoms with Crippen LogP contribution >= 0.6 is 11.3 Å². The minimum Gasteiger partial charge on any atom is -0.299 e. The number of amides is 1. The van der Waals surface area contributed by atoms with Crippen LogP contribution in [-0.4, -0.2) is 66.5 Å². The van der Waals surface area contributed by atoms with Gasteiger partial charge in [0, 0.05) is 31.7 Å². The van der Waals surface area contributed by atoms with Gasteiger partial charge in [-0.3, -0.25) is 15.0 Å². The Morgan fingerprint density at radius 1 is 1.00 bits per heavy atom. The van der Waals surface area contributed by atoms with E-state index in [2.05, 4.69) is 15.5 Å². The van der Waals surface area contributed by atoms with Crippen molar-refractivity contribution in [1.82, 2.24) is 19.4 Å². The van der Waals surface area contributed by atoms with Crippen molar-refractivity contribution in [3.63, 3.8) is 0 Å². The maximum Gasteiger partial charge on any atom is 0.240 e. The molecule has 0 atom stereocenters. The number of carbonyl (C=O) groups is 1. The lowest BCUT2D eigenvalue weighted by Gasteiger charge is -2.33. The topological polar surface area (TPSA) is 95.5 Å². The Morgan fingerprint density at radius 2 is 1.69 bits per heavy atom. The minimum absolute atomic E-state index is 0.00536. The smallest absolute Gasteiger partial charge is 0.240 e. The van der Waals surface area contributed by atoms with Gasteiger partial charge < -0.3 is 0 Å². The summed E-state index contributed by atoms with van der Waals surface area (Å²) in [6.07, 6.45) is 0. The number of hydrogen-bond acceptors (Lipinski definition) is 7. The van der Waals surface area contributed by atoms with E-state index in [1.165, 1.54) is 15.6 Å². The summed E-state index contributed by atoms with van der Waals surface area (Å²) >= 11 is 1.33. The van der Waals surface area contributed by atoms with E-state index in [1.807, 2.05) is 66.4 Å². The van der Waals surface area contributed by atoms with Crippen molar-refractivity contribution in [2.24, 2.45) is 0 Å². The summed E-state index contributed by atoms with van der Waals surface area (Å²) in [5.41, 5.74) is 2.87. The zero-order valence-corrected chi connectivity index (χ0v) is 19.4. The number of hydrogen-bond donors (Lipinski definition) is 1. The van der Waals surface area contributed by atoms with Crippen LogP contribution in [0, 0.1) is 6.92 Å². The Hall–Kier alpha value is -2.66. The third kappa shape index (κ3) is 5.57. The van der Waals surface area contributed by atoms with Gasteiger partial charge in [0.15, 0.2) is 0 Å². The largest absolute Gasteiger partial charge is 0.299 e. The number of nitrogens with zero attached hydrogens (tertiary/aromatic N) is 4. The molecule has 0 radical (unpaired) electrons. The molecule has 0 aliphatic carbocycles. The zero-order chi connectivity index (χ0) is 22.6. The fourth-order valence-electron chi connectivity index (χ4n) is 3.60. The van der Waals surface area contributed by atoms with E-state index < -0.39 is 10.0 Å². The van der Waals surface area contributed by atoms with E-state index in [4.69, 9.17) is 0 Å². The van der Waals surface area contributed by atoms with Crippen molar-refractivity contribution < 1.29 is 13.2 Å². The quantitative estimate of drug-likeness (QED) is 0.569. The predicted octanol–water partition coefficient (Wildman–Crippen LogP) is 2.60. The molecule has 1 saturated heterocycles. The van der Waals surface area contributed by atoms with E-state index in [-0.39, 0.29) is 18.2 Å². The zero-order valence-electron chi connectivity index (χ0n) is 17.8. The number of carbonyl (C=O) groups excluding carboxylic acids is 1. The summed E-state index contributed by atoms with van der Waals surface area (Å²) in [5.74, 6) is -0.188. The fourth-order valence-corrected chi connectivity index (χ4v) is 5.97. The van der Waals surface area contributed by atoms with Gasteiger partial charge in [-0.15, -0.1) is 10.2 Å². The van der Waals surface area contributed by atoms with E-state index in [0.717, 1.165) is 21.7 Å². The number of sulfonamides is 1. The Labute approximate surface area is 191 Å². The molecule has 1 N–H and O–H groups in total. The van der Waals surface area contributed by atoms with Gasteiger partial charge in [-0.05, 0) is 18.1 Å². The van der Waals surface area contributed by atoms with Gasteiger partial charge in [0.2, 0.25) is 21.1 Å². The van der Waals surface area contributed by atoms with Crippen molar-refractivity contribution in [2.75, 3.05) is 38.0 Å². The lowest BCUT2D eigenvalue weighted by molar-refractivity contribution is -0.117. The maximum absolute atomic E-state index is 12.7. The number of rotatable bonds is 7. The molecule has 4 rings (SSSR count).